The van der Waals surface area contributed by atoms with Crippen LogP contribution in [0.4, 0.5) is 10.5 Å². The van der Waals surface area contributed by atoms with E-state index < -0.39 is 0 Å². The lowest BCUT2D eigenvalue weighted by molar-refractivity contribution is -0.128. The van der Waals surface area contributed by atoms with Gasteiger partial charge in [-0.3, -0.25) is 4.79 Å². The molecule has 7 heteroatoms. The second-order valence-corrected chi connectivity index (χ2v) is 6.71. The zero-order valence-electron chi connectivity index (χ0n) is 16.1. The van der Waals surface area contributed by atoms with Gasteiger partial charge < -0.3 is 25.0 Å². The van der Waals surface area contributed by atoms with Crippen molar-refractivity contribution < 1.29 is 19.1 Å². The minimum atomic E-state index is -0.347. The summed E-state index contributed by atoms with van der Waals surface area (Å²) in [5, 5.41) is 5.61. The Morgan fingerprint density at radius 1 is 1.11 bits per heavy atom. The van der Waals surface area contributed by atoms with Crippen LogP contribution in [-0.2, 0) is 11.3 Å². The molecular weight excluding hydrogens is 358 g/mol. The van der Waals surface area contributed by atoms with Crippen molar-refractivity contribution in [3.63, 3.8) is 0 Å². The molecule has 1 aliphatic heterocycles. The van der Waals surface area contributed by atoms with Gasteiger partial charge in [-0.2, -0.15) is 0 Å². The van der Waals surface area contributed by atoms with Crippen LogP contribution >= 0.6 is 0 Å². The lowest BCUT2D eigenvalue weighted by Crippen LogP contribution is -2.34. The maximum atomic E-state index is 12.3. The third-order valence-corrected chi connectivity index (χ3v) is 4.71. The standard InChI is InChI=1S/C21H25N3O4/c1-27-18-10-6-9-17(20(18)28-2)23-21(26)22-12-16-11-19(25)24(14-16)13-15-7-4-3-5-8-15/h3-10,16H,11-14H2,1-2H3,(H2,22,23,26). The van der Waals surface area contributed by atoms with E-state index in [1.807, 2.05) is 35.2 Å². The van der Waals surface area contributed by atoms with Gasteiger partial charge in [-0.25, -0.2) is 4.79 Å². The number of hydrogen-bond donors (Lipinski definition) is 2. The fourth-order valence-electron chi connectivity index (χ4n) is 3.34. The molecule has 1 heterocycles. The molecule has 7 nitrogen and oxygen atoms in total. The van der Waals surface area contributed by atoms with E-state index in [1.165, 1.54) is 7.11 Å². The molecular formula is C21H25N3O4. The number of methoxy groups -OCH3 is 2. The van der Waals surface area contributed by atoms with Gasteiger partial charge in [0, 0.05) is 32.0 Å². The number of carbonyl (C=O) groups excluding carboxylic acids is 2. The number of benzene rings is 2. The number of amides is 3. The van der Waals surface area contributed by atoms with Crippen LogP contribution < -0.4 is 20.1 Å². The molecule has 28 heavy (non-hydrogen) atoms. The molecule has 2 aromatic carbocycles. The van der Waals surface area contributed by atoms with E-state index in [1.54, 1.807) is 25.3 Å². The number of ether oxygens (including phenoxy) is 2. The fraction of sp³-hybridized carbons (Fsp3) is 0.333. The highest BCUT2D eigenvalue weighted by atomic mass is 16.5. The van der Waals surface area contributed by atoms with Crippen LogP contribution in [0.3, 0.4) is 0 Å². The summed E-state index contributed by atoms with van der Waals surface area (Å²) in [7, 11) is 3.06. The molecule has 1 unspecified atom stereocenters. The Morgan fingerprint density at radius 2 is 1.89 bits per heavy atom. The zero-order valence-corrected chi connectivity index (χ0v) is 16.1. The first kappa shape index (κ1) is 19.5. The largest absolute Gasteiger partial charge is 0.493 e. The second kappa shape index (κ2) is 9.12. The SMILES string of the molecule is COc1cccc(NC(=O)NCC2CC(=O)N(Cc3ccccc3)C2)c1OC. The van der Waals surface area contributed by atoms with E-state index in [4.69, 9.17) is 9.47 Å². The van der Waals surface area contributed by atoms with Crippen LogP contribution in [0.1, 0.15) is 12.0 Å². The van der Waals surface area contributed by atoms with Gasteiger partial charge in [0.2, 0.25) is 5.91 Å². The Hall–Kier alpha value is -3.22. The Labute approximate surface area is 164 Å². The molecule has 0 aromatic heterocycles. The first-order valence-electron chi connectivity index (χ1n) is 9.18. The van der Waals surface area contributed by atoms with Crippen LogP contribution in [-0.4, -0.2) is 44.1 Å². The van der Waals surface area contributed by atoms with Crippen LogP contribution in [0.15, 0.2) is 48.5 Å². The van der Waals surface area contributed by atoms with Crippen LogP contribution in [0, 0.1) is 5.92 Å². The fourth-order valence-corrected chi connectivity index (χ4v) is 3.34. The quantitative estimate of drug-likeness (QED) is 0.771. The third-order valence-electron chi connectivity index (χ3n) is 4.71. The van der Waals surface area contributed by atoms with Gasteiger partial charge in [-0.1, -0.05) is 36.4 Å². The lowest BCUT2D eigenvalue weighted by atomic mass is 10.1. The molecule has 1 fully saturated rings. The first-order valence-corrected chi connectivity index (χ1v) is 9.18. The number of nitrogens with one attached hydrogen (secondary N) is 2. The van der Waals surface area contributed by atoms with E-state index in [0.717, 1.165) is 5.56 Å². The van der Waals surface area contributed by atoms with Gasteiger partial charge in [0.05, 0.1) is 19.9 Å². The molecule has 0 spiro atoms. The van der Waals surface area contributed by atoms with Crippen LogP contribution in [0.25, 0.3) is 0 Å². The number of anilines is 1. The summed E-state index contributed by atoms with van der Waals surface area (Å²) in [6.07, 6.45) is 0.440. The summed E-state index contributed by atoms with van der Waals surface area (Å²) in [5.74, 6) is 1.21. The van der Waals surface area contributed by atoms with Gasteiger partial charge in [0.25, 0.3) is 0 Å². The molecule has 1 atom stereocenters. The van der Waals surface area contributed by atoms with Gasteiger partial charge >= 0.3 is 6.03 Å². The number of carbonyl (C=O) groups is 2. The number of nitrogens with zero attached hydrogens (tertiary/aromatic N) is 1. The van der Waals surface area contributed by atoms with Crippen molar-refractivity contribution in [1.82, 2.24) is 10.2 Å². The molecule has 1 saturated heterocycles. The predicted octanol–water partition coefficient (Wildman–Crippen LogP) is 2.87. The molecule has 3 rings (SSSR count). The van der Waals surface area contributed by atoms with E-state index in [9.17, 15) is 9.59 Å². The van der Waals surface area contributed by atoms with Crippen molar-refractivity contribution in [2.75, 3.05) is 32.6 Å². The minimum Gasteiger partial charge on any atom is -0.493 e. The Morgan fingerprint density at radius 3 is 2.61 bits per heavy atom. The van der Waals surface area contributed by atoms with Gasteiger partial charge in [0.1, 0.15) is 0 Å². The maximum Gasteiger partial charge on any atom is 0.319 e. The van der Waals surface area contributed by atoms with Gasteiger partial charge in [-0.05, 0) is 17.7 Å². The van der Waals surface area contributed by atoms with Crippen LogP contribution in [0.5, 0.6) is 11.5 Å². The molecule has 2 N–H and O–H groups in total. The van der Waals surface area contributed by atoms with Crippen molar-refractivity contribution in [3.8, 4) is 11.5 Å². The minimum absolute atomic E-state index is 0.0918. The molecule has 0 saturated carbocycles. The smallest absolute Gasteiger partial charge is 0.319 e. The first-order chi connectivity index (χ1) is 13.6. The van der Waals surface area contributed by atoms with Crippen molar-refractivity contribution >= 4 is 17.6 Å². The van der Waals surface area contributed by atoms with E-state index in [-0.39, 0.29) is 17.9 Å². The molecule has 148 valence electrons. The third kappa shape index (κ3) is 4.73. The highest BCUT2D eigenvalue weighted by Gasteiger charge is 2.29. The van der Waals surface area contributed by atoms with Crippen molar-refractivity contribution in [2.45, 2.75) is 13.0 Å². The summed E-state index contributed by atoms with van der Waals surface area (Å²) in [6, 6.07) is 14.8. The van der Waals surface area contributed by atoms with E-state index in [0.29, 0.717) is 43.2 Å². The van der Waals surface area contributed by atoms with Gasteiger partial charge in [-0.15, -0.1) is 0 Å². The summed E-state index contributed by atoms with van der Waals surface area (Å²) in [6.45, 7) is 1.66. The molecule has 2 aromatic rings. The van der Waals surface area contributed by atoms with Crippen molar-refractivity contribution in [2.24, 2.45) is 5.92 Å². The Balaban J connectivity index is 1.51. The average molecular weight is 383 g/mol. The van der Waals surface area contributed by atoms with Crippen LogP contribution in [0.2, 0.25) is 0 Å². The predicted molar refractivity (Wildman–Crippen MR) is 107 cm³/mol. The highest BCUT2D eigenvalue weighted by Crippen LogP contribution is 2.34. The molecule has 0 bridgehead atoms. The molecule has 1 aliphatic rings. The summed E-state index contributed by atoms with van der Waals surface area (Å²) < 4.78 is 10.5. The van der Waals surface area contributed by atoms with Crippen molar-refractivity contribution in [1.29, 1.82) is 0 Å². The molecule has 0 radical (unpaired) electrons. The number of para-hydroxylation sites is 1. The van der Waals surface area contributed by atoms with E-state index >= 15 is 0 Å². The number of rotatable bonds is 7. The molecule has 3 amide bonds. The molecule has 0 aliphatic carbocycles. The maximum absolute atomic E-state index is 12.3. The monoisotopic (exact) mass is 383 g/mol. The number of likely N-dealkylation sites (tertiary alicyclic amines) is 1. The number of hydrogen-bond acceptors (Lipinski definition) is 4. The van der Waals surface area contributed by atoms with Crippen molar-refractivity contribution in [3.05, 3.63) is 54.1 Å². The Kier molecular flexibility index (Phi) is 6.37. The number of urea groups is 1. The topological polar surface area (TPSA) is 79.9 Å². The van der Waals surface area contributed by atoms with E-state index in [2.05, 4.69) is 10.6 Å². The lowest BCUT2D eigenvalue weighted by Gasteiger charge is -2.17. The average Bonchev–Trinajstić information content (AvgIpc) is 3.06. The summed E-state index contributed by atoms with van der Waals surface area (Å²) in [5.41, 5.74) is 1.62. The Bertz CT molecular complexity index is 826. The van der Waals surface area contributed by atoms with Gasteiger partial charge in [0.15, 0.2) is 11.5 Å². The summed E-state index contributed by atoms with van der Waals surface area (Å²) >= 11 is 0. The summed E-state index contributed by atoms with van der Waals surface area (Å²) in [4.78, 5) is 26.4. The second-order valence-electron chi connectivity index (χ2n) is 6.71. The highest BCUT2D eigenvalue weighted by molar-refractivity contribution is 5.91. The zero-order chi connectivity index (χ0) is 19.9. The normalized spacial score (nSPS) is 16.0.